The van der Waals surface area contributed by atoms with Crippen molar-refractivity contribution in [3.63, 3.8) is 0 Å². The summed E-state index contributed by atoms with van der Waals surface area (Å²) in [5.74, 6) is -0.113. The Bertz CT molecular complexity index is 557. The fraction of sp³-hybridized carbons (Fsp3) is 0.500. The molecular formula is C14H22ClN2O3PS. The van der Waals surface area contributed by atoms with Gasteiger partial charge < -0.3 is 9.42 Å². The van der Waals surface area contributed by atoms with Crippen molar-refractivity contribution in [2.24, 2.45) is 0 Å². The third kappa shape index (κ3) is 6.31. The molecule has 0 fully saturated rings. The second-order valence-electron chi connectivity index (χ2n) is 4.91. The van der Waals surface area contributed by atoms with Gasteiger partial charge in [0.1, 0.15) is 0 Å². The van der Waals surface area contributed by atoms with Crippen LogP contribution in [0.4, 0.5) is 5.69 Å². The number of halogens is 1. The van der Waals surface area contributed by atoms with E-state index < -0.39 is 6.72 Å². The van der Waals surface area contributed by atoms with Crippen molar-refractivity contribution in [1.82, 2.24) is 5.09 Å². The Morgan fingerprint density at radius 3 is 2.73 bits per heavy atom. The molecule has 8 heteroatoms. The minimum absolute atomic E-state index is 0.00523. The van der Waals surface area contributed by atoms with Crippen molar-refractivity contribution in [2.75, 3.05) is 24.3 Å². The summed E-state index contributed by atoms with van der Waals surface area (Å²) in [7, 11) is 1.66. The number of benzene rings is 1. The molecule has 0 aliphatic rings. The molecule has 22 heavy (non-hydrogen) atoms. The number of anilines is 1. The third-order valence-corrected chi connectivity index (χ3v) is 7.06. The van der Waals surface area contributed by atoms with E-state index in [0.29, 0.717) is 17.3 Å². The van der Waals surface area contributed by atoms with Crippen molar-refractivity contribution in [2.45, 2.75) is 26.8 Å². The normalized spacial score (nSPS) is 13.9. The summed E-state index contributed by atoms with van der Waals surface area (Å²) in [6.45, 7) is 2.78. The van der Waals surface area contributed by atoms with Gasteiger partial charge in [0.25, 0.3) is 0 Å². The zero-order chi connectivity index (χ0) is 16.8. The molecule has 1 atom stereocenters. The molecule has 0 aliphatic heterocycles. The number of carbonyl (C=O) groups excluding carboxylic acids is 1. The van der Waals surface area contributed by atoms with Crippen LogP contribution in [0.3, 0.4) is 0 Å². The van der Waals surface area contributed by atoms with Crippen molar-refractivity contribution in [1.29, 1.82) is 0 Å². The molecule has 0 aliphatic carbocycles. The minimum atomic E-state index is -3.08. The predicted octanol–water partition coefficient (Wildman–Crippen LogP) is 4.18. The van der Waals surface area contributed by atoms with E-state index in [-0.39, 0.29) is 17.7 Å². The molecule has 0 heterocycles. The maximum absolute atomic E-state index is 12.6. The van der Waals surface area contributed by atoms with Gasteiger partial charge in [-0.3, -0.25) is 9.36 Å². The van der Waals surface area contributed by atoms with Crippen LogP contribution in [0.5, 0.6) is 0 Å². The average Bonchev–Trinajstić information content (AvgIpc) is 2.43. The fourth-order valence-corrected chi connectivity index (χ4v) is 5.76. The van der Waals surface area contributed by atoms with Gasteiger partial charge in [-0.05, 0) is 50.4 Å². The number of nitrogens with zero attached hydrogens (tertiary/aromatic N) is 1. The first-order valence-corrected chi connectivity index (χ1v) is 10.6. The van der Waals surface area contributed by atoms with Crippen LogP contribution in [-0.4, -0.2) is 31.4 Å². The SMILES string of the molecule is CCOP(=O)(NC(C)C)SCC(=O)N(C)c1cccc(Cl)c1. The average molecular weight is 365 g/mol. The molecule has 1 aromatic carbocycles. The standard InChI is InChI=1S/C14H22ClN2O3PS/c1-5-20-21(19,16-11(2)3)22-10-14(18)17(4)13-8-6-7-12(15)9-13/h6-9,11H,5,10H2,1-4H3,(H,16,19). The Morgan fingerprint density at radius 2 is 2.18 bits per heavy atom. The van der Waals surface area contributed by atoms with Crippen LogP contribution in [0.25, 0.3) is 0 Å². The first kappa shape index (κ1) is 19.5. The lowest BCUT2D eigenvalue weighted by atomic mass is 10.3. The van der Waals surface area contributed by atoms with Gasteiger partial charge in [0, 0.05) is 23.8 Å². The van der Waals surface area contributed by atoms with Crippen molar-refractivity contribution >= 4 is 41.3 Å². The maximum atomic E-state index is 12.6. The van der Waals surface area contributed by atoms with E-state index in [1.165, 1.54) is 4.90 Å². The molecule has 1 aromatic rings. The van der Waals surface area contributed by atoms with Gasteiger partial charge in [-0.25, -0.2) is 5.09 Å². The molecule has 1 N–H and O–H groups in total. The molecule has 0 spiro atoms. The summed E-state index contributed by atoms with van der Waals surface area (Å²) in [6.07, 6.45) is 0. The topological polar surface area (TPSA) is 58.6 Å². The summed E-state index contributed by atoms with van der Waals surface area (Å²) in [4.78, 5) is 13.7. The summed E-state index contributed by atoms with van der Waals surface area (Å²) >= 11 is 6.93. The van der Waals surface area contributed by atoms with Gasteiger partial charge in [0.05, 0.1) is 12.4 Å². The lowest BCUT2D eigenvalue weighted by Crippen LogP contribution is -2.28. The van der Waals surface area contributed by atoms with Gasteiger partial charge in [0.15, 0.2) is 0 Å². The quantitative estimate of drug-likeness (QED) is 0.701. The molecule has 0 saturated heterocycles. The highest BCUT2D eigenvalue weighted by molar-refractivity contribution is 8.56. The number of rotatable bonds is 8. The molecule has 0 bridgehead atoms. The summed E-state index contributed by atoms with van der Waals surface area (Å²) < 4.78 is 17.9. The highest BCUT2D eigenvalue weighted by Gasteiger charge is 2.26. The van der Waals surface area contributed by atoms with Crippen molar-refractivity contribution < 1.29 is 13.9 Å². The van der Waals surface area contributed by atoms with E-state index in [2.05, 4.69) is 5.09 Å². The number of hydrogen-bond acceptors (Lipinski definition) is 4. The highest BCUT2D eigenvalue weighted by atomic mass is 35.5. The van der Waals surface area contributed by atoms with Gasteiger partial charge in [-0.15, -0.1) is 0 Å². The molecule has 0 saturated carbocycles. The van der Waals surface area contributed by atoms with E-state index in [0.717, 1.165) is 11.4 Å². The summed E-state index contributed by atoms with van der Waals surface area (Å²) in [5, 5.41) is 3.47. The number of carbonyl (C=O) groups is 1. The van der Waals surface area contributed by atoms with Crippen molar-refractivity contribution in [3.8, 4) is 0 Å². The molecule has 0 radical (unpaired) electrons. The minimum Gasteiger partial charge on any atom is -0.315 e. The van der Waals surface area contributed by atoms with Gasteiger partial charge in [-0.2, -0.15) is 0 Å². The van der Waals surface area contributed by atoms with Crippen LogP contribution >= 0.6 is 29.7 Å². The van der Waals surface area contributed by atoms with Crippen LogP contribution in [0, 0.1) is 0 Å². The molecule has 1 amide bonds. The summed E-state index contributed by atoms with van der Waals surface area (Å²) in [5.41, 5.74) is 0.696. The second kappa shape index (κ2) is 8.94. The highest BCUT2D eigenvalue weighted by Crippen LogP contribution is 2.56. The van der Waals surface area contributed by atoms with E-state index in [1.54, 1.807) is 38.2 Å². The lowest BCUT2D eigenvalue weighted by molar-refractivity contribution is -0.115. The molecule has 1 unspecified atom stereocenters. The molecule has 0 aromatic heterocycles. The second-order valence-corrected chi connectivity index (χ2v) is 9.62. The molecule has 124 valence electrons. The molecule has 5 nitrogen and oxygen atoms in total. The van der Waals surface area contributed by atoms with E-state index in [9.17, 15) is 9.36 Å². The smallest absolute Gasteiger partial charge is 0.315 e. The van der Waals surface area contributed by atoms with Crippen molar-refractivity contribution in [3.05, 3.63) is 29.3 Å². The monoisotopic (exact) mass is 364 g/mol. The Hall–Kier alpha value is -0.520. The Labute approximate surface area is 141 Å². The Morgan fingerprint density at radius 1 is 1.50 bits per heavy atom. The van der Waals surface area contributed by atoms with Gasteiger partial charge in [-0.1, -0.05) is 17.7 Å². The third-order valence-electron chi connectivity index (χ3n) is 2.64. The van der Waals surface area contributed by atoms with E-state index in [4.69, 9.17) is 16.1 Å². The Kier molecular flexibility index (Phi) is 7.94. The molecule has 1 rings (SSSR count). The first-order chi connectivity index (χ1) is 10.3. The van der Waals surface area contributed by atoms with Crippen LogP contribution in [0.2, 0.25) is 5.02 Å². The zero-order valence-electron chi connectivity index (χ0n) is 13.2. The largest absolute Gasteiger partial charge is 0.327 e. The van der Waals surface area contributed by atoms with Crippen LogP contribution in [-0.2, 0) is 13.9 Å². The van der Waals surface area contributed by atoms with E-state index >= 15 is 0 Å². The number of hydrogen-bond donors (Lipinski definition) is 1. The van der Waals surface area contributed by atoms with E-state index in [1.807, 2.05) is 13.8 Å². The maximum Gasteiger partial charge on any atom is 0.327 e. The van der Waals surface area contributed by atoms with Crippen LogP contribution in [0.15, 0.2) is 24.3 Å². The zero-order valence-corrected chi connectivity index (χ0v) is 15.7. The van der Waals surface area contributed by atoms with Crippen LogP contribution in [0.1, 0.15) is 20.8 Å². The molecular weight excluding hydrogens is 343 g/mol. The first-order valence-electron chi connectivity index (χ1n) is 6.96. The van der Waals surface area contributed by atoms with Gasteiger partial charge >= 0.3 is 6.72 Å². The number of amides is 1. The summed E-state index contributed by atoms with van der Waals surface area (Å²) in [6, 6.07) is 7.03. The number of nitrogens with one attached hydrogen (secondary N) is 1. The van der Waals surface area contributed by atoms with Gasteiger partial charge in [0.2, 0.25) is 5.91 Å². The Balaban J connectivity index is 2.69. The predicted molar refractivity (Wildman–Crippen MR) is 94.8 cm³/mol. The lowest BCUT2D eigenvalue weighted by Gasteiger charge is -2.22. The fourth-order valence-electron chi connectivity index (χ4n) is 1.66. The van der Waals surface area contributed by atoms with Crippen LogP contribution < -0.4 is 9.99 Å².